The lowest BCUT2D eigenvalue weighted by Crippen LogP contribution is -2.28. The first kappa shape index (κ1) is 8.02. The van der Waals surface area contributed by atoms with Gasteiger partial charge in [-0.3, -0.25) is 0 Å². The highest BCUT2D eigenvalue weighted by atomic mass is 16.3. The standard InChI is InChI=1S/C8H17NO/c1-2-3-8-7(6-10)4-5-9-8/h7-10H,2-6H2,1H3. The van der Waals surface area contributed by atoms with Crippen LogP contribution in [0.1, 0.15) is 26.2 Å². The highest BCUT2D eigenvalue weighted by Gasteiger charge is 2.24. The first-order valence-electron chi connectivity index (χ1n) is 4.22. The van der Waals surface area contributed by atoms with E-state index in [0.29, 0.717) is 18.6 Å². The van der Waals surface area contributed by atoms with Gasteiger partial charge >= 0.3 is 0 Å². The first-order valence-corrected chi connectivity index (χ1v) is 4.22. The van der Waals surface area contributed by atoms with E-state index in [0.717, 1.165) is 13.0 Å². The third kappa shape index (κ3) is 1.70. The predicted octanol–water partition coefficient (Wildman–Crippen LogP) is 0.757. The van der Waals surface area contributed by atoms with Gasteiger partial charge in [0.25, 0.3) is 0 Å². The van der Waals surface area contributed by atoms with Gasteiger partial charge in [0.05, 0.1) is 0 Å². The van der Waals surface area contributed by atoms with Gasteiger partial charge in [0, 0.05) is 12.6 Å². The maximum Gasteiger partial charge on any atom is 0.0474 e. The van der Waals surface area contributed by atoms with Crippen molar-refractivity contribution < 1.29 is 5.11 Å². The summed E-state index contributed by atoms with van der Waals surface area (Å²) in [5.41, 5.74) is 0. The Labute approximate surface area is 62.6 Å². The molecule has 60 valence electrons. The SMILES string of the molecule is CCCC1NCCC1CO. The Morgan fingerprint density at radius 2 is 2.40 bits per heavy atom. The normalized spacial score (nSPS) is 33.0. The molecule has 1 aliphatic heterocycles. The molecule has 2 atom stereocenters. The topological polar surface area (TPSA) is 32.3 Å². The number of rotatable bonds is 3. The van der Waals surface area contributed by atoms with Crippen LogP contribution in [0.5, 0.6) is 0 Å². The predicted molar refractivity (Wildman–Crippen MR) is 41.9 cm³/mol. The van der Waals surface area contributed by atoms with E-state index in [9.17, 15) is 0 Å². The van der Waals surface area contributed by atoms with E-state index in [1.54, 1.807) is 0 Å². The summed E-state index contributed by atoms with van der Waals surface area (Å²) in [7, 11) is 0. The van der Waals surface area contributed by atoms with Crippen molar-refractivity contribution in [1.29, 1.82) is 0 Å². The maximum absolute atomic E-state index is 8.92. The first-order chi connectivity index (χ1) is 4.88. The summed E-state index contributed by atoms with van der Waals surface area (Å²) in [6, 6.07) is 0.593. The van der Waals surface area contributed by atoms with Crippen molar-refractivity contribution in [2.24, 2.45) is 5.92 Å². The van der Waals surface area contributed by atoms with Gasteiger partial charge in [0.2, 0.25) is 0 Å². The molecule has 0 radical (unpaired) electrons. The summed E-state index contributed by atoms with van der Waals surface area (Å²) in [4.78, 5) is 0. The molecule has 0 aliphatic carbocycles. The van der Waals surface area contributed by atoms with Crippen molar-refractivity contribution in [2.45, 2.75) is 32.2 Å². The van der Waals surface area contributed by atoms with E-state index < -0.39 is 0 Å². The van der Waals surface area contributed by atoms with E-state index in [2.05, 4.69) is 12.2 Å². The molecule has 2 N–H and O–H groups in total. The molecule has 2 nitrogen and oxygen atoms in total. The molecule has 1 aliphatic rings. The minimum atomic E-state index is 0.359. The summed E-state index contributed by atoms with van der Waals surface area (Å²) in [6.07, 6.45) is 3.58. The molecule has 0 saturated carbocycles. The largest absolute Gasteiger partial charge is 0.396 e. The van der Waals surface area contributed by atoms with Gasteiger partial charge in [-0.1, -0.05) is 13.3 Å². The number of aliphatic hydroxyl groups excluding tert-OH is 1. The number of nitrogens with one attached hydrogen (secondary N) is 1. The Hall–Kier alpha value is -0.0800. The Kier molecular flexibility index (Phi) is 3.16. The van der Waals surface area contributed by atoms with Gasteiger partial charge in [-0.15, -0.1) is 0 Å². The zero-order chi connectivity index (χ0) is 7.40. The van der Waals surface area contributed by atoms with E-state index >= 15 is 0 Å². The highest BCUT2D eigenvalue weighted by Crippen LogP contribution is 2.18. The minimum absolute atomic E-state index is 0.359. The smallest absolute Gasteiger partial charge is 0.0474 e. The van der Waals surface area contributed by atoms with E-state index in [4.69, 9.17) is 5.11 Å². The molecule has 1 heterocycles. The number of hydrogen-bond donors (Lipinski definition) is 2. The van der Waals surface area contributed by atoms with Crippen LogP contribution >= 0.6 is 0 Å². The van der Waals surface area contributed by atoms with Gasteiger partial charge in [-0.25, -0.2) is 0 Å². The Bertz CT molecular complexity index is 95.3. The Morgan fingerprint density at radius 1 is 1.60 bits per heavy atom. The molecule has 0 aromatic heterocycles. The van der Waals surface area contributed by atoms with Crippen molar-refractivity contribution in [3.8, 4) is 0 Å². The lowest BCUT2D eigenvalue weighted by molar-refractivity contribution is 0.210. The average Bonchev–Trinajstić information content (AvgIpc) is 2.36. The monoisotopic (exact) mass is 143 g/mol. The number of hydrogen-bond acceptors (Lipinski definition) is 2. The zero-order valence-corrected chi connectivity index (χ0v) is 6.64. The van der Waals surface area contributed by atoms with Crippen LogP contribution in [0.2, 0.25) is 0 Å². The van der Waals surface area contributed by atoms with Crippen LogP contribution in [0.25, 0.3) is 0 Å². The molecule has 0 spiro atoms. The van der Waals surface area contributed by atoms with Crippen LogP contribution in [-0.2, 0) is 0 Å². The molecular weight excluding hydrogens is 126 g/mol. The zero-order valence-electron chi connectivity index (χ0n) is 6.64. The van der Waals surface area contributed by atoms with E-state index in [1.165, 1.54) is 12.8 Å². The summed E-state index contributed by atoms with van der Waals surface area (Å²) in [6.45, 7) is 3.64. The van der Waals surface area contributed by atoms with Crippen molar-refractivity contribution in [2.75, 3.05) is 13.2 Å². The summed E-state index contributed by atoms with van der Waals surface area (Å²) >= 11 is 0. The van der Waals surface area contributed by atoms with E-state index in [1.807, 2.05) is 0 Å². The molecule has 1 rings (SSSR count). The molecule has 0 aromatic carbocycles. The van der Waals surface area contributed by atoms with Crippen LogP contribution in [-0.4, -0.2) is 24.3 Å². The molecule has 2 heteroatoms. The fourth-order valence-corrected chi connectivity index (χ4v) is 1.69. The fraction of sp³-hybridized carbons (Fsp3) is 1.00. The Morgan fingerprint density at radius 3 is 3.00 bits per heavy atom. The van der Waals surface area contributed by atoms with Crippen molar-refractivity contribution in [1.82, 2.24) is 5.32 Å². The summed E-state index contributed by atoms with van der Waals surface area (Å²) in [5, 5.41) is 12.3. The third-order valence-electron chi connectivity index (χ3n) is 2.32. The van der Waals surface area contributed by atoms with Gasteiger partial charge in [0.1, 0.15) is 0 Å². The highest BCUT2D eigenvalue weighted by molar-refractivity contribution is 4.82. The van der Waals surface area contributed by atoms with E-state index in [-0.39, 0.29) is 0 Å². The molecule has 0 aromatic rings. The molecule has 2 unspecified atom stereocenters. The quantitative estimate of drug-likeness (QED) is 0.611. The maximum atomic E-state index is 8.92. The summed E-state index contributed by atoms with van der Waals surface area (Å²) < 4.78 is 0. The van der Waals surface area contributed by atoms with Crippen LogP contribution in [0, 0.1) is 5.92 Å². The summed E-state index contributed by atoms with van der Waals surface area (Å²) in [5.74, 6) is 0.528. The van der Waals surface area contributed by atoms with Gasteiger partial charge in [0.15, 0.2) is 0 Å². The second kappa shape index (κ2) is 3.94. The van der Waals surface area contributed by atoms with Crippen LogP contribution in [0.15, 0.2) is 0 Å². The molecular formula is C8H17NO. The van der Waals surface area contributed by atoms with Gasteiger partial charge in [-0.2, -0.15) is 0 Å². The Balaban J connectivity index is 2.27. The average molecular weight is 143 g/mol. The molecule has 0 bridgehead atoms. The van der Waals surface area contributed by atoms with Crippen LogP contribution in [0.4, 0.5) is 0 Å². The molecule has 1 fully saturated rings. The molecule has 1 saturated heterocycles. The third-order valence-corrected chi connectivity index (χ3v) is 2.32. The van der Waals surface area contributed by atoms with Gasteiger partial charge < -0.3 is 10.4 Å². The molecule has 0 amide bonds. The fourth-order valence-electron chi connectivity index (χ4n) is 1.69. The molecule has 10 heavy (non-hydrogen) atoms. The van der Waals surface area contributed by atoms with Crippen molar-refractivity contribution >= 4 is 0 Å². The van der Waals surface area contributed by atoms with Crippen LogP contribution in [0.3, 0.4) is 0 Å². The second-order valence-corrected chi connectivity index (χ2v) is 3.08. The lowest BCUT2D eigenvalue weighted by atomic mass is 9.98. The lowest BCUT2D eigenvalue weighted by Gasteiger charge is -2.15. The number of aliphatic hydroxyl groups is 1. The van der Waals surface area contributed by atoms with Crippen LogP contribution < -0.4 is 5.32 Å². The minimum Gasteiger partial charge on any atom is -0.396 e. The van der Waals surface area contributed by atoms with Gasteiger partial charge in [-0.05, 0) is 25.3 Å². The van der Waals surface area contributed by atoms with Crippen molar-refractivity contribution in [3.63, 3.8) is 0 Å². The second-order valence-electron chi connectivity index (χ2n) is 3.08. The van der Waals surface area contributed by atoms with Crippen molar-refractivity contribution in [3.05, 3.63) is 0 Å².